The average molecular weight is 311 g/mol. The van der Waals surface area contributed by atoms with Crippen LogP contribution < -0.4 is 10.6 Å². The van der Waals surface area contributed by atoms with Crippen molar-refractivity contribution in [2.45, 2.75) is 70.4 Å². The van der Waals surface area contributed by atoms with Crippen molar-refractivity contribution < 1.29 is 9.90 Å². The van der Waals surface area contributed by atoms with E-state index >= 15 is 0 Å². The standard InChI is InChI=1S/C17H33N3O2/c1-14-7-6-10-20(12-14)15(2)11-18-16(21)19-13-17(22)8-4-3-5-9-17/h14-15,22H,3-13H2,1-2H3,(H2,18,19,21). The van der Waals surface area contributed by atoms with Gasteiger partial charge in [0.25, 0.3) is 0 Å². The lowest BCUT2D eigenvalue weighted by Gasteiger charge is -2.35. The minimum atomic E-state index is -0.691. The largest absolute Gasteiger partial charge is 0.388 e. The molecule has 0 bridgehead atoms. The third-order valence-corrected chi connectivity index (χ3v) is 5.23. The molecule has 0 aromatic carbocycles. The third kappa shape index (κ3) is 5.43. The zero-order chi connectivity index (χ0) is 16.0. The maximum atomic E-state index is 11.9. The van der Waals surface area contributed by atoms with Gasteiger partial charge in [-0.15, -0.1) is 0 Å². The summed E-state index contributed by atoms with van der Waals surface area (Å²) < 4.78 is 0. The van der Waals surface area contributed by atoms with Gasteiger partial charge in [-0.2, -0.15) is 0 Å². The van der Waals surface area contributed by atoms with Crippen LogP contribution in [0.3, 0.4) is 0 Å². The number of nitrogens with one attached hydrogen (secondary N) is 2. The molecule has 3 N–H and O–H groups in total. The maximum absolute atomic E-state index is 11.9. The molecule has 1 heterocycles. The Bertz CT molecular complexity index is 356. The van der Waals surface area contributed by atoms with E-state index in [9.17, 15) is 9.90 Å². The van der Waals surface area contributed by atoms with Crippen molar-refractivity contribution in [1.82, 2.24) is 15.5 Å². The summed E-state index contributed by atoms with van der Waals surface area (Å²) in [7, 11) is 0. The van der Waals surface area contributed by atoms with Gasteiger partial charge in [-0.1, -0.05) is 26.2 Å². The van der Waals surface area contributed by atoms with Gasteiger partial charge in [0.2, 0.25) is 0 Å². The Balaban J connectivity index is 1.64. The lowest BCUT2D eigenvalue weighted by atomic mass is 9.85. The number of carbonyl (C=O) groups is 1. The molecule has 2 fully saturated rings. The molecular weight excluding hydrogens is 278 g/mol. The zero-order valence-corrected chi connectivity index (χ0v) is 14.2. The maximum Gasteiger partial charge on any atom is 0.314 e. The Morgan fingerprint density at radius 1 is 1.27 bits per heavy atom. The SMILES string of the molecule is CC1CCCN(C(C)CNC(=O)NCC2(O)CCCCC2)C1. The van der Waals surface area contributed by atoms with Gasteiger partial charge in [0.05, 0.1) is 5.60 Å². The van der Waals surface area contributed by atoms with Crippen molar-refractivity contribution in [2.24, 2.45) is 5.92 Å². The van der Waals surface area contributed by atoms with E-state index in [0.717, 1.165) is 44.7 Å². The minimum absolute atomic E-state index is 0.157. The lowest BCUT2D eigenvalue weighted by molar-refractivity contribution is 0.00715. The summed E-state index contributed by atoms with van der Waals surface area (Å²) in [5, 5.41) is 16.2. The second-order valence-corrected chi connectivity index (χ2v) is 7.44. The quantitative estimate of drug-likeness (QED) is 0.728. The molecule has 2 atom stereocenters. The molecule has 0 aromatic heterocycles. The highest BCUT2D eigenvalue weighted by Crippen LogP contribution is 2.27. The van der Waals surface area contributed by atoms with Crippen LogP contribution in [0.4, 0.5) is 4.79 Å². The summed E-state index contributed by atoms with van der Waals surface area (Å²) >= 11 is 0. The molecule has 1 saturated carbocycles. The normalized spacial score (nSPS) is 27.1. The number of hydrogen-bond acceptors (Lipinski definition) is 3. The van der Waals surface area contributed by atoms with E-state index in [0.29, 0.717) is 19.1 Å². The molecular formula is C17H33N3O2. The first-order valence-corrected chi connectivity index (χ1v) is 8.97. The van der Waals surface area contributed by atoms with E-state index in [1.807, 2.05) is 0 Å². The highest BCUT2D eigenvalue weighted by molar-refractivity contribution is 5.73. The Labute approximate surface area is 134 Å². The fourth-order valence-corrected chi connectivity index (χ4v) is 3.69. The third-order valence-electron chi connectivity index (χ3n) is 5.23. The fourth-order valence-electron chi connectivity index (χ4n) is 3.69. The van der Waals surface area contributed by atoms with Gasteiger partial charge in [-0.25, -0.2) is 4.79 Å². The van der Waals surface area contributed by atoms with Gasteiger partial charge in [0, 0.05) is 25.7 Å². The van der Waals surface area contributed by atoms with Crippen LogP contribution in [0, 0.1) is 5.92 Å². The van der Waals surface area contributed by atoms with E-state index in [1.54, 1.807) is 0 Å². The average Bonchev–Trinajstić information content (AvgIpc) is 2.51. The fraction of sp³-hybridized carbons (Fsp3) is 0.941. The number of aliphatic hydroxyl groups is 1. The van der Waals surface area contributed by atoms with Crippen LogP contribution in [-0.4, -0.2) is 53.9 Å². The summed E-state index contributed by atoms with van der Waals surface area (Å²) in [5.74, 6) is 0.755. The van der Waals surface area contributed by atoms with Gasteiger partial charge in [0.15, 0.2) is 0 Å². The van der Waals surface area contributed by atoms with Crippen LogP contribution in [0.2, 0.25) is 0 Å². The van der Waals surface area contributed by atoms with Crippen LogP contribution in [0.15, 0.2) is 0 Å². The first kappa shape index (κ1) is 17.5. The second-order valence-electron chi connectivity index (χ2n) is 7.44. The number of piperidine rings is 1. The van der Waals surface area contributed by atoms with Crippen LogP contribution >= 0.6 is 0 Å². The number of rotatable bonds is 5. The molecule has 5 nitrogen and oxygen atoms in total. The molecule has 0 aromatic rings. The van der Waals surface area contributed by atoms with E-state index in [1.165, 1.54) is 19.3 Å². The highest BCUT2D eigenvalue weighted by atomic mass is 16.3. The predicted molar refractivity (Wildman–Crippen MR) is 88.9 cm³/mol. The van der Waals surface area contributed by atoms with Crippen LogP contribution in [0.25, 0.3) is 0 Å². The number of hydrogen-bond donors (Lipinski definition) is 3. The summed E-state index contributed by atoms with van der Waals surface area (Å²) in [6.07, 6.45) is 7.49. The Hall–Kier alpha value is -0.810. The van der Waals surface area contributed by atoms with Crippen molar-refractivity contribution in [1.29, 1.82) is 0 Å². The molecule has 128 valence electrons. The molecule has 2 amide bonds. The van der Waals surface area contributed by atoms with Gasteiger partial charge >= 0.3 is 6.03 Å². The summed E-state index contributed by atoms with van der Waals surface area (Å²) in [4.78, 5) is 14.4. The summed E-state index contributed by atoms with van der Waals surface area (Å²) in [6.45, 7) is 7.76. The molecule has 2 unspecified atom stereocenters. The van der Waals surface area contributed by atoms with Crippen molar-refractivity contribution in [2.75, 3.05) is 26.2 Å². The first-order valence-electron chi connectivity index (χ1n) is 8.97. The monoisotopic (exact) mass is 311 g/mol. The summed E-state index contributed by atoms with van der Waals surface area (Å²) in [5.41, 5.74) is -0.691. The topological polar surface area (TPSA) is 64.6 Å². The lowest BCUT2D eigenvalue weighted by Crippen LogP contribution is -2.51. The predicted octanol–water partition coefficient (Wildman–Crippen LogP) is 2.10. The number of nitrogens with zero attached hydrogens (tertiary/aromatic N) is 1. The number of amides is 2. The molecule has 1 aliphatic carbocycles. The molecule has 1 aliphatic heterocycles. The van der Waals surface area contributed by atoms with Gasteiger partial charge < -0.3 is 15.7 Å². The van der Waals surface area contributed by atoms with Gasteiger partial charge in [-0.3, -0.25) is 4.90 Å². The van der Waals surface area contributed by atoms with Crippen molar-refractivity contribution in [3.05, 3.63) is 0 Å². The number of urea groups is 1. The molecule has 0 radical (unpaired) electrons. The minimum Gasteiger partial charge on any atom is -0.388 e. The Morgan fingerprint density at radius 3 is 2.68 bits per heavy atom. The van der Waals surface area contributed by atoms with E-state index in [-0.39, 0.29) is 6.03 Å². The molecule has 1 saturated heterocycles. The van der Waals surface area contributed by atoms with Gasteiger partial charge in [0.1, 0.15) is 0 Å². The molecule has 0 spiro atoms. The van der Waals surface area contributed by atoms with Crippen molar-refractivity contribution >= 4 is 6.03 Å². The number of likely N-dealkylation sites (tertiary alicyclic amines) is 1. The summed E-state index contributed by atoms with van der Waals surface area (Å²) in [6, 6.07) is 0.210. The van der Waals surface area contributed by atoms with Crippen molar-refractivity contribution in [3.63, 3.8) is 0 Å². The van der Waals surface area contributed by atoms with Crippen LogP contribution in [0.5, 0.6) is 0 Å². The first-order chi connectivity index (χ1) is 10.5. The highest BCUT2D eigenvalue weighted by Gasteiger charge is 2.29. The smallest absolute Gasteiger partial charge is 0.314 e. The van der Waals surface area contributed by atoms with E-state index < -0.39 is 5.60 Å². The van der Waals surface area contributed by atoms with Gasteiger partial charge in [-0.05, 0) is 45.1 Å². The van der Waals surface area contributed by atoms with E-state index in [2.05, 4.69) is 29.4 Å². The molecule has 22 heavy (non-hydrogen) atoms. The van der Waals surface area contributed by atoms with Crippen LogP contribution in [-0.2, 0) is 0 Å². The van der Waals surface area contributed by atoms with E-state index in [4.69, 9.17) is 0 Å². The molecule has 5 heteroatoms. The number of carbonyl (C=O) groups excluding carboxylic acids is 1. The Morgan fingerprint density at radius 2 is 2.00 bits per heavy atom. The Kier molecular flexibility index (Phi) is 6.50. The molecule has 2 rings (SSSR count). The second kappa shape index (κ2) is 8.16. The zero-order valence-electron chi connectivity index (χ0n) is 14.2. The molecule has 2 aliphatic rings. The van der Waals surface area contributed by atoms with Crippen LogP contribution in [0.1, 0.15) is 58.8 Å². The van der Waals surface area contributed by atoms with Crippen molar-refractivity contribution in [3.8, 4) is 0 Å².